The Bertz CT molecular complexity index is 871. The second-order valence-corrected chi connectivity index (χ2v) is 8.28. The average Bonchev–Trinajstić information content (AvgIpc) is 3.46. The van der Waals surface area contributed by atoms with E-state index in [1.54, 1.807) is 13.3 Å². The standard InChI is InChI=1S/C23H29N3O3/c1-16-14-26(15-17(2)29-16)19-8-11-24-20(12-19)22(27)25-23(9-10-23)13-18-6-4-5-7-21(18)28-3/h4-8,11-12,16-17H,9-10,13-15H2,1-3H3,(H,25,27). The number of carbonyl (C=O) groups is 1. The lowest BCUT2D eigenvalue weighted by molar-refractivity contribution is -0.00522. The summed E-state index contributed by atoms with van der Waals surface area (Å²) in [5.41, 5.74) is 2.39. The number of pyridine rings is 1. The smallest absolute Gasteiger partial charge is 0.270 e. The minimum Gasteiger partial charge on any atom is -0.496 e. The van der Waals surface area contributed by atoms with Gasteiger partial charge >= 0.3 is 0 Å². The number of anilines is 1. The molecule has 2 atom stereocenters. The molecule has 2 aromatic rings. The molecular formula is C23H29N3O3. The zero-order valence-corrected chi connectivity index (χ0v) is 17.4. The van der Waals surface area contributed by atoms with Crippen molar-refractivity contribution in [2.75, 3.05) is 25.1 Å². The number of aromatic nitrogens is 1. The van der Waals surface area contributed by atoms with E-state index in [1.165, 1.54) is 0 Å². The molecule has 1 amide bonds. The van der Waals surface area contributed by atoms with Gasteiger partial charge in [0.15, 0.2) is 0 Å². The fraction of sp³-hybridized carbons (Fsp3) is 0.478. The lowest BCUT2D eigenvalue weighted by Gasteiger charge is -2.36. The van der Waals surface area contributed by atoms with Crippen molar-refractivity contribution in [3.05, 3.63) is 53.9 Å². The third-order valence-corrected chi connectivity index (χ3v) is 5.71. The molecule has 1 aliphatic heterocycles. The SMILES string of the molecule is COc1ccccc1CC1(NC(=O)c2cc(N3CC(C)OC(C)C3)ccn2)CC1. The van der Waals surface area contributed by atoms with E-state index in [2.05, 4.69) is 35.1 Å². The van der Waals surface area contributed by atoms with Gasteiger partial charge in [-0.3, -0.25) is 9.78 Å². The lowest BCUT2D eigenvalue weighted by atomic mass is 10.0. The molecule has 1 aromatic carbocycles. The minimum atomic E-state index is -0.203. The predicted molar refractivity (Wildman–Crippen MR) is 113 cm³/mol. The number of nitrogens with one attached hydrogen (secondary N) is 1. The minimum absolute atomic E-state index is 0.117. The van der Waals surface area contributed by atoms with E-state index < -0.39 is 0 Å². The van der Waals surface area contributed by atoms with Gasteiger partial charge in [-0.15, -0.1) is 0 Å². The van der Waals surface area contributed by atoms with Gasteiger partial charge in [0.05, 0.1) is 19.3 Å². The first kappa shape index (κ1) is 19.7. The first-order valence-corrected chi connectivity index (χ1v) is 10.3. The maximum Gasteiger partial charge on any atom is 0.270 e. The van der Waals surface area contributed by atoms with Crippen LogP contribution in [0.1, 0.15) is 42.7 Å². The van der Waals surface area contributed by atoms with Crippen molar-refractivity contribution in [2.24, 2.45) is 0 Å². The molecule has 0 spiro atoms. The number of methoxy groups -OCH3 is 1. The van der Waals surface area contributed by atoms with Crippen LogP contribution in [0.25, 0.3) is 0 Å². The molecule has 29 heavy (non-hydrogen) atoms. The van der Waals surface area contributed by atoms with Crippen molar-refractivity contribution < 1.29 is 14.3 Å². The Balaban J connectivity index is 1.46. The van der Waals surface area contributed by atoms with Gasteiger partial charge in [-0.2, -0.15) is 0 Å². The highest BCUT2D eigenvalue weighted by atomic mass is 16.5. The number of hydrogen-bond acceptors (Lipinski definition) is 5. The topological polar surface area (TPSA) is 63.7 Å². The van der Waals surface area contributed by atoms with Crippen LogP contribution in [0.4, 0.5) is 5.69 Å². The molecule has 2 fully saturated rings. The van der Waals surface area contributed by atoms with Gasteiger partial charge in [0.2, 0.25) is 0 Å². The quantitative estimate of drug-likeness (QED) is 0.814. The van der Waals surface area contributed by atoms with Gasteiger partial charge in [-0.1, -0.05) is 18.2 Å². The third-order valence-electron chi connectivity index (χ3n) is 5.71. The van der Waals surface area contributed by atoms with E-state index >= 15 is 0 Å². The summed E-state index contributed by atoms with van der Waals surface area (Å²) in [5, 5.41) is 3.23. The summed E-state index contributed by atoms with van der Waals surface area (Å²) in [7, 11) is 1.68. The summed E-state index contributed by atoms with van der Waals surface area (Å²) in [6, 6.07) is 11.8. The molecule has 2 heterocycles. The van der Waals surface area contributed by atoms with Gasteiger partial charge in [-0.05, 0) is 56.9 Å². The van der Waals surface area contributed by atoms with Crippen molar-refractivity contribution in [3.63, 3.8) is 0 Å². The van der Waals surface area contributed by atoms with Crippen LogP contribution < -0.4 is 15.0 Å². The molecule has 1 saturated heterocycles. The van der Waals surface area contributed by atoms with E-state index in [-0.39, 0.29) is 23.7 Å². The van der Waals surface area contributed by atoms with Crippen LogP contribution >= 0.6 is 0 Å². The molecule has 2 aliphatic rings. The molecule has 6 heteroatoms. The molecular weight excluding hydrogens is 366 g/mol. The molecule has 1 saturated carbocycles. The van der Waals surface area contributed by atoms with E-state index in [4.69, 9.17) is 9.47 Å². The highest BCUT2D eigenvalue weighted by Gasteiger charge is 2.44. The summed E-state index contributed by atoms with van der Waals surface area (Å²) in [6.07, 6.45) is 4.75. The van der Waals surface area contributed by atoms with Crippen molar-refractivity contribution >= 4 is 11.6 Å². The zero-order valence-electron chi connectivity index (χ0n) is 17.4. The first-order valence-electron chi connectivity index (χ1n) is 10.3. The Labute approximate surface area is 172 Å². The Morgan fingerprint density at radius 2 is 1.97 bits per heavy atom. The molecule has 0 bridgehead atoms. The van der Waals surface area contributed by atoms with Crippen molar-refractivity contribution in [1.82, 2.24) is 10.3 Å². The van der Waals surface area contributed by atoms with E-state index in [0.29, 0.717) is 5.69 Å². The molecule has 2 unspecified atom stereocenters. The summed E-state index contributed by atoms with van der Waals surface area (Å²) in [5.74, 6) is 0.748. The highest BCUT2D eigenvalue weighted by Crippen LogP contribution is 2.40. The maximum absolute atomic E-state index is 13.0. The van der Waals surface area contributed by atoms with Crippen LogP contribution in [-0.4, -0.2) is 48.8 Å². The molecule has 6 nitrogen and oxygen atoms in total. The number of rotatable bonds is 6. The molecule has 0 radical (unpaired) electrons. The molecule has 154 valence electrons. The Kier molecular flexibility index (Phi) is 5.46. The number of hydrogen-bond donors (Lipinski definition) is 1. The Morgan fingerprint density at radius 3 is 2.66 bits per heavy atom. The van der Waals surface area contributed by atoms with Gasteiger partial charge in [0.1, 0.15) is 11.4 Å². The van der Waals surface area contributed by atoms with Crippen LogP contribution in [0.2, 0.25) is 0 Å². The molecule has 1 aromatic heterocycles. The number of nitrogens with zero attached hydrogens (tertiary/aromatic N) is 2. The molecule has 1 aliphatic carbocycles. The molecule has 1 N–H and O–H groups in total. The van der Waals surface area contributed by atoms with Crippen molar-refractivity contribution in [1.29, 1.82) is 0 Å². The van der Waals surface area contributed by atoms with E-state index in [0.717, 1.165) is 49.4 Å². The van der Waals surface area contributed by atoms with Crippen LogP contribution in [0, 0.1) is 0 Å². The number of morpholine rings is 1. The van der Waals surface area contributed by atoms with Crippen LogP contribution in [-0.2, 0) is 11.2 Å². The maximum atomic E-state index is 13.0. The number of benzene rings is 1. The van der Waals surface area contributed by atoms with E-state index in [9.17, 15) is 4.79 Å². The number of amides is 1. The summed E-state index contributed by atoms with van der Waals surface area (Å²) >= 11 is 0. The average molecular weight is 396 g/mol. The van der Waals surface area contributed by atoms with Gasteiger partial charge < -0.3 is 19.7 Å². The lowest BCUT2D eigenvalue weighted by Crippen LogP contribution is -2.45. The normalized spacial score (nSPS) is 22.8. The fourth-order valence-corrected chi connectivity index (χ4v) is 4.14. The number of ether oxygens (including phenoxy) is 2. The summed E-state index contributed by atoms with van der Waals surface area (Å²) in [6.45, 7) is 5.78. The van der Waals surface area contributed by atoms with Crippen LogP contribution in [0.15, 0.2) is 42.6 Å². The second kappa shape index (κ2) is 8.03. The van der Waals surface area contributed by atoms with Crippen LogP contribution in [0.5, 0.6) is 5.75 Å². The number of carbonyl (C=O) groups excluding carboxylic acids is 1. The Hall–Kier alpha value is -2.60. The molecule has 4 rings (SSSR count). The van der Waals surface area contributed by atoms with Crippen molar-refractivity contribution in [3.8, 4) is 5.75 Å². The predicted octanol–water partition coefficient (Wildman–Crippen LogP) is 3.21. The number of para-hydroxylation sites is 1. The monoisotopic (exact) mass is 395 g/mol. The van der Waals surface area contributed by atoms with Crippen LogP contribution in [0.3, 0.4) is 0 Å². The first-order chi connectivity index (χ1) is 14.0. The second-order valence-electron chi connectivity index (χ2n) is 8.28. The zero-order chi connectivity index (χ0) is 20.4. The summed E-state index contributed by atoms with van der Waals surface area (Å²) in [4.78, 5) is 19.6. The Morgan fingerprint density at radius 1 is 1.24 bits per heavy atom. The van der Waals surface area contributed by atoms with E-state index in [1.807, 2.05) is 30.3 Å². The van der Waals surface area contributed by atoms with Gasteiger partial charge in [0.25, 0.3) is 5.91 Å². The highest BCUT2D eigenvalue weighted by molar-refractivity contribution is 5.94. The third kappa shape index (κ3) is 4.53. The van der Waals surface area contributed by atoms with Gasteiger partial charge in [-0.25, -0.2) is 0 Å². The fourth-order valence-electron chi connectivity index (χ4n) is 4.14. The summed E-state index contributed by atoms with van der Waals surface area (Å²) < 4.78 is 11.3. The largest absolute Gasteiger partial charge is 0.496 e. The van der Waals surface area contributed by atoms with Crippen molar-refractivity contribution in [2.45, 2.75) is 50.9 Å². The van der Waals surface area contributed by atoms with Gasteiger partial charge in [0, 0.05) is 30.5 Å².